The van der Waals surface area contributed by atoms with Gasteiger partial charge in [0.15, 0.2) is 0 Å². The third kappa shape index (κ3) is 2.19. The molecule has 1 fully saturated rings. The van der Waals surface area contributed by atoms with Crippen LogP contribution in [0.3, 0.4) is 0 Å². The van der Waals surface area contributed by atoms with Crippen molar-refractivity contribution in [3.8, 4) is 0 Å². The summed E-state index contributed by atoms with van der Waals surface area (Å²) >= 11 is 0. The van der Waals surface area contributed by atoms with Crippen LogP contribution in [0.5, 0.6) is 0 Å². The zero-order chi connectivity index (χ0) is 8.27. The van der Waals surface area contributed by atoms with Gasteiger partial charge in [-0.3, -0.25) is 0 Å². The van der Waals surface area contributed by atoms with E-state index in [1.807, 2.05) is 0 Å². The summed E-state index contributed by atoms with van der Waals surface area (Å²) in [7, 11) is 0. The number of aliphatic hydroxyl groups excluding tert-OH is 1. The first-order chi connectivity index (χ1) is 5.27. The number of rotatable bonds is 4. The summed E-state index contributed by atoms with van der Waals surface area (Å²) in [4.78, 5) is 0. The van der Waals surface area contributed by atoms with Crippen LogP contribution >= 0.6 is 0 Å². The lowest BCUT2D eigenvalue weighted by molar-refractivity contribution is 0.00984. The van der Waals surface area contributed by atoms with Crippen LogP contribution in [0.2, 0.25) is 0 Å². The predicted octanol–water partition coefficient (Wildman–Crippen LogP) is 2.58. The lowest BCUT2D eigenvalue weighted by Crippen LogP contribution is -2.32. The highest BCUT2D eigenvalue weighted by molar-refractivity contribution is 4.81. The van der Waals surface area contributed by atoms with E-state index < -0.39 is 0 Å². The molecule has 2 atom stereocenters. The highest BCUT2D eigenvalue weighted by atomic mass is 16.3. The molecule has 0 heterocycles. The molecule has 0 aromatic carbocycles. The molecule has 1 heteroatoms. The Kier molecular flexibility index (Phi) is 3.38. The van der Waals surface area contributed by atoms with Gasteiger partial charge in [-0.2, -0.15) is 0 Å². The van der Waals surface area contributed by atoms with Crippen molar-refractivity contribution < 1.29 is 5.11 Å². The van der Waals surface area contributed by atoms with E-state index in [0.717, 1.165) is 12.3 Å². The Bertz CT molecular complexity index is 105. The minimum atomic E-state index is 0.0376. The highest BCUT2D eigenvalue weighted by Crippen LogP contribution is 2.34. The smallest absolute Gasteiger partial charge is 0.0568 e. The molecule has 1 nitrogen and oxygen atoms in total. The van der Waals surface area contributed by atoms with E-state index in [1.165, 1.54) is 25.7 Å². The minimum Gasteiger partial charge on any atom is -0.393 e. The Labute approximate surface area is 69.8 Å². The lowest BCUT2D eigenvalue weighted by atomic mass is 9.75. The van der Waals surface area contributed by atoms with Crippen LogP contribution in [-0.4, -0.2) is 11.2 Å². The number of aliphatic hydroxyl groups is 1. The Hall–Kier alpha value is -0.0400. The van der Waals surface area contributed by atoms with Crippen molar-refractivity contribution in [2.75, 3.05) is 0 Å². The summed E-state index contributed by atoms with van der Waals surface area (Å²) in [5.74, 6) is 1.50. The van der Waals surface area contributed by atoms with Gasteiger partial charge in [0, 0.05) is 0 Å². The molecule has 0 amide bonds. The van der Waals surface area contributed by atoms with Crippen LogP contribution in [0.25, 0.3) is 0 Å². The first-order valence-electron chi connectivity index (χ1n) is 4.96. The predicted molar refractivity (Wildman–Crippen MR) is 47.4 cm³/mol. The first-order valence-corrected chi connectivity index (χ1v) is 4.96. The molecule has 1 N–H and O–H groups in total. The average molecular weight is 156 g/mol. The summed E-state index contributed by atoms with van der Waals surface area (Å²) in [6, 6.07) is 0. The molecule has 66 valence electrons. The number of hydrogen-bond donors (Lipinski definition) is 1. The second-order valence-electron chi connectivity index (χ2n) is 3.82. The van der Waals surface area contributed by atoms with Crippen molar-refractivity contribution in [3.63, 3.8) is 0 Å². The Balaban J connectivity index is 2.17. The van der Waals surface area contributed by atoms with Gasteiger partial charge in [0.05, 0.1) is 6.10 Å². The van der Waals surface area contributed by atoms with Crippen molar-refractivity contribution in [2.24, 2.45) is 11.8 Å². The van der Waals surface area contributed by atoms with Gasteiger partial charge in [-0.1, -0.05) is 26.7 Å². The summed E-state index contributed by atoms with van der Waals surface area (Å²) < 4.78 is 0. The van der Waals surface area contributed by atoms with Gasteiger partial charge < -0.3 is 5.11 Å². The summed E-state index contributed by atoms with van der Waals surface area (Å²) in [5.41, 5.74) is 0. The molecule has 0 radical (unpaired) electrons. The van der Waals surface area contributed by atoms with Crippen molar-refractivity contribution >= 4 is 0 Å². The maximum Gasteiger partial charge on any atom is 0.0568 e. The van der Waals surface area contributed by atoms with E-state index in [2.05, 4.69) is 13.8 Å². The quantitative estimate of drug-likeness (QED) is 0.663. The van der Waals surface area contributed by atoms with E-state index in [-0.39, 0.29) is 6.10 Å². The fourth-order valence-electron chi connectivity index (χ4n) is 1.88. The van der Waals surface area contributed by atoms with Crippen molar-refractivity contribution in [3.05, 3.63) is 0 Å². The molecule has 0 saturated heterocycles. The van der Waals surface area contributed by atoms with Crippen LogP contribution in [0.15, 0.2) is 0 Å². The van der Waals surface area contributed by atoms with Gasteiger partial charge in [-0.15, -0.1) is 0 Å². The standard InChI is InChI=1S/C10H20O/c1-3-8(4-2)7-9-5-6-10(9)11/h8-11H,3-7H2,1-2H3. The Morgan fingerprint density at radius 3 is 2.18 bits per heavy atom. The zero-order valence-electron chi connectivity index (χ0n) is 7.71. The first kappa shape index (κ1) is 9.05. The zero-order valence-corrected chi connectivity index (χ0v) is 7.71. The molecule has 11 heavy (non-hydrogen) atoms. The third-order valence-electron chi connectivity index (χ3n) is 3.17. The minimum absolute atomic E-state index is 0.0376. The second-order valence-corrected chi connectivity index (χ2v) is 3.82. The van der Waals surface area contributed by atoms with Crippen molar-refractivity contribution in [1.29, 1.82) is 0 Å². The normalized spacial score (nSPS) is 30.5. The molecule has 1 saturated carbocycles. The lowest BCUT2D eigenvalue weighted by Gasteiger charge is -2.34. The van der Waals surface area contributed by atoms with Crippen LogP contribution in [0.4, 0.5) is 0 Å². The van der Waals surface area contributed by atoms with Gasteiger partial charge in [0.2, 0.25) is 0 Å². The summed E-state index contributed by atoms with van der Waals surface area (Å²) in [5, 5.41) is 9.35. The molecule has 0 aliphatic heterocycles. The topological polar surface area (TPSA) is 20.2 Å². The second kappa shape index (κ2) is 4.10. The third-order valence-corrected chi connectivity index (χ3v) is 3.17. The molecule has 1 rings (SSSR count). The van der Waals surface area contributed by atoms with E-state index in [9.17, 15) is 5.11 Å². The van der Waals surface area contributed by atoms with E-state index in [4.69, 9.17) is 0 Å². The molecule has 0 spiro atoms. The fraction of sp³-hybridized carbons (Fsp3) is 1.00. The highest BCUT2D eigenvalue weighted by Gasteiger charge is 2.29. The van der Waals surface area contributed by atoms with E-state index in [1.54, 1.807) is 0 Å². The molecular weight excluding hydrogens is 136 g/mol. The molecular formula is C10H20O. The van der Waals surface area contributed by atoms with Gasteiger partial charge in [0.1, 0.15) is 0 Å². The van der Waals surface area contributed by atoms with Gasteiger partial charge in [-0.25, -0.2) is 0 Å². The summed E-state index contributed by atoms with van der Waals surface area (Å²) in [6.45, 7) is 4.50. The number of hydrogen-bond acceptors (Lipinski definition) is 1. The molecule has 1 aliphatic rings. The van der Waals surface area contributed by atoms with Gasteiger partial charge in [0.25, 0.3) is 0 Å². The monoisotopic (exact) mass is 156 g/mol. The van der Waals surface area contributed by atoms with Crippen molar-refractivity contribution in [2.45, 2.75) is 52.1 Å². The van der Waals surface area contributed by atoms with Gasteiger partial charge in [-0.05, 0) is 31.1 Å². The molecule has 0 aromatic heterocycles. The van der Waals surface area contributed by atoms with Crippen LogP contribution in [-0.2, 0) is 0 Å². The van der Waals surface area contributed by atoms with E-state index in [0.29, 0.717) is 5.92 Å². The Morgan fingerprint density at radius 2 is 1.91 bits per heavy atom. The Morgan fingerprint density at radius 1 is 1.27 bits per heavy atom. The molecule has 2 unspecified atom stereocenters. The van der Waals surface area contributed by atoms with Crippen molar-refractivity contribution in [1.82, 2.24) is 0 Å². The van der Waals surface area contributed by atoms with Gasteiger partial charge >= 0.3 is 0 Å². The van der Waals surface area contributed by atoms with Crippen LogP contribution < -0.4 is 0 Å². The van der Waals surface area contributed by atoms with Crippen LogP contribution in [0, 0.1) is 11.8 Å². The fourth-order valence-corrected chi connectivity index (χ4v) is 1.88. The van der Waals surface area contributed by atoms with E-state index >= 15 is 0 Å². The SMILES string of the molecule is CCC(CC)CC1CCC1O. The average Bonchev–Trinajstić information content (AvgIpc) is 2.04. The maximum atomic E-state index is 9.35. The maximum absolute atomic E-state index is 9.35. The molecule has 0 aromatic rings. The van der Waals surface area contributed by atoms with Crippen LogP contribution in [0.1, 0.15) is 46.0 Å². The molecule has 1 aliphatic carbocycles. The largest absolute Gasteiger partial charge is 0.393 e. The molecule has 0 bridgehead atoms. The summed E-state index contributed by atoms with van der Waals surface area (Å²) in [6.07, 6.45) is 6.16.